The molecule has 1 atom stereocenters. The van der Waals surface area contributed by atoms with Gasteiger partial charge in [0, 0.05) is 6.08 Å². The number of aliphatic carboxylic acids is 1. The lowest BCUT2D eigenvalue weighted by molar-refractivity contribution is -0.140. The molecule has 0 unspecified atom stereocenters. The fraction of sp³-hybridized carbons (Fsp3) is 0.231. The Bertz CT molecular complexity index is 510. The molecule has 0 spiro atoms. The number of benzene rings is 1. The maximum Gasteiger partial charge on any atom is 0.325 e. The van der Waals surface area contributed by atoms with E-state index in [1.807, 2.05) is 0 Å². The fourth-order valence-corrected chi connectivity index (χ4v) is 1.29. The molecule has 1 aromatic rings. The molecule has 0 fully saturated rings. The number of hydrogen-bond acceptors (Lipinski definition) is 4. The predicted molar refractivity (Wildman–Crippen MR) is 68.9 cm³/mol. The van der Waals surface area contributed by atoms with Crippen LogP contribution in [-0.4, -0.2) is 35.2 Å². The average Bonchev–Trinajstić information content (AvgIpc) is 2.37. The molecule has 0 aromatic heterocycles. The Morgan fingerprint density at radius 3 is 2.68 bits per heavy atom. The number of rotatable bonds is 5. The number of nitrogens with one attached hydrogen (secondary N) is 1. The lowest BCUT2D eigenvalue weighted by atomic mass is 10.2. The monoisotopic (exact) mass is 265 g/mol. The molecule has 1 amide bonds. The fourth-order valence-electron chi connectivity index (χ4n) is 1.29. The number of methoxy groups -OCH3 is 1. The highest BCUT2D eigenvalue weighted by Gasteiger charge is 2.11. The zero-order chi connectivity index (χ0) is 14.4. The summed E-state index contributed by atoms with van der Waals surface area (Å²) in [6.45, 7) is 1.37. The Balaban J connectivity index is 2.71. The first-order chi connectivity index (χ1) is 8.93. The van der Waals surface area contributed by atoms with Crippen molar-refractivity contribution in [3.05, 3.63) is 29.8 Å². The quantitative estimate of drug-likeness (QED) is 0.690. The molecule has 0 saturated heterocycles. The third kappa shape index (κ3) is 4.34. The van der Waals surface area contributed by atoms with Crippen molar-refractivity contribution in [2.45, 2.75) is 13.0 Å². The third-order valence-corrected chi connectivity index (χ3v) is 2.36. The molecule has 1 rings (SSSR count). The van der Waals surface area contributed by atoms with Crippen LogP contribution in [0.15, 0.2) is 24.3 Å². The van der Waals surface area contributed by atoms with Gasteiger partial charge in [0.15, 0.2) is 11.5 Å². The Morgan fingerprint density at radius 1 is 1.42 bits per heavy atom. The molecule has 0 aliphatic rings. The van der Waals surface area contributed by atoms with E-state index in [-0.39, 0.29) is 5.75 Å². The standard InChI is InChI=1S/C13H15NO5/c1-8(13(17)18)14-12(16)6-4-9-3-5-10(15)11(7-9)19-2/h3-8,15H,1-2H3,(H,14,16)(H,17,18)/b6-4+/t8-/m0/s1. The van der Waals surface area contributed by atoms with Crippen molar-refractivity contribution < 1.29 is 24.5 Å². The van der Waals surface area contributed by atoms with Crippen LogP contribution in [0.2, 0.25) is 0 Å². The first kappa shape index (κ1) is 14.6. The van der Waals surface area contributed by atoms with Crippen LogP contribution in [0.25, 0.3) is 6.08 Å². The summed E-state index contributed by atoms with van der Waals surface area (Å²) in [7, 11) is 1.42. The molecule has 19 heavy (non-hydrogen) atoms. The van der Waals surface area contributed by atoms with E-state index in [4.69, 9.17) is 9.84 Å². The van der Waals surface area contributed by atoms with E-state index in [1.165, 1.54) is 32.3 Å². The minimum Gasteiger partial charge on any atom is -0.504 e. The number of carboxylic acid groups (broad SMARTS) is 1. The molecule has 0 heterocycles. The zero-order valence-corrected chi connectivity index (χ0v) is 10.6. The number of phenols is 1. The summed E-state index contributed by atoms with van der Waals surface area (Å²) >= 11 is 0. The third-order valence-electron chi connectivity index (χ3n) is 2.36. The first-order valence-electron chi connectivity index (χ1n) is 5.52. The van der Waals surface area contributed by atoms with Gasteiger partial charge in [0.25, 0.3) is 0 Å². The number of ether oxygens (including phenoxy) is 1. The molecule has 0 radical (unpaired) electrons. The molecule has 102 valence electrons. The van der Waals surface area contributed by atoms with Crippen molar-refractivity contribution in [3.63, 3.8) is 0 Å². The maximum absolute atomic E-state index is 11.4. The molecule has 0 aliphatic heterocycles. The topological polar surface area (TPSA) is 95.9 Å². The van der Waals surface area contributed by atoms with E-state index in [0.717, 1.165) is 0 Å². The number of aromatic hydroxyl groups is 1. The van der Waals surface area contributed by atoms with Gasteiger partial charge >= 0.3 is 5.97 Å². The van der Waals surface area contributed by atoms with E-state index in [0.29, 0.717) is 11.3 Å². The minimum absolute atomic E-state index is 0.00333. The molecule has 6 nitrogen and oxygen atoms in total. The van der Waals surface area contributed by atoms with Crippen molar-refractivity contribution in [1.82, 2.24) is 5.32 Å². The average molecular weight is 265 g/mol. The maximum atomic E-state index is 11.4. The van der Waals surface area contributed by atoms with Gasteiger partial charge < -0.3 is 20.3 Å². The highest BCUT2D eigenvalue weighted by Crippen LogP contribution is 2.26. The smallest absolute Gasteiger partial charge is 0.325 e. The lowest BCUT2D eigenvalue weighted by Gasteiger charge is -2.06. The van der Waals surface area contributed by atoms with E-state index in [1.54, 1.807) is 12.1 Å². The number of carbonyl (C=O) groups excluding carboxylic acids is 1. The number of carboxylic acids is 1. The number of amides is 1. The normalized spacial score (nSPS) is 12.1. The Morgan fingerprint density at radius 2 is 2.11 bits per heavy atom. The summed E-state index contributed by atoms with van der Waals surface area (Å²) in [6.07, 6.45) is 2.71. The van der Waals surface area contributed by atoms with Gasteiger partial charge in [-0.2, -0.15) is 0 Å². The van der Waals surface area contributed by atoms with Crippen LogP contribution in [0.5, 0.6) is 11.5 Å². The second kappa shape index (κ2) is 6.44. The largest absolute Gasteiger partial charge is 0.504 e. The van der Waals surface area contributed by atoms with E-state index in [9.17, 15) is 14.7 Å². The number of phenolic OH excluding ortho intramolecular Hbond substituents is 1. The van der Waals surface area contributed by atoms with Gasteiger partial charge in [-0.05, 0) is 30.7 Å². The minimum atomic E-state index is -1.10. The number of hydrogen-bond donors (Lipinski definition) is 3. The van der Waals surface area contributed by atoms with Gasteiger partial charge in [-0.15, -0.1) is 0 Å². The summed E-state index contributed by atoms with van der Waals surface area (Å²) in [5.41, 5.74) is 0.646. The van der Waals surface area contributed by atoms with Crippen LogP contribution in [0.1, 0.15) is 12.5 Å². The van der Waals surface area contributed by atoms with Gasteiger partial charge in [0.05, 0.1) is 7.11 Å². The molecule has 0 bridgehead atoms. The summed E-state index contributed by atoms with van der Waals surface area (Å²) in [6, 6.07) is 3.64. The van der Waals surface area contributed by atoms with E-state index >= 15 is 0 Å². The first-order valence-corrected chi connectivity index (χ1v) is 5.52. The summed E-state index contributed by atoms with van der Waals surface area (Å²) in [5.74, 6) is -1.32. The lowest BCUT2D eigenvalue weighted by Crippen LogP contribution is -2.37. The van der Waals surface area contributed by atoms with E-state index < -0.39 is 17.9 Å². The van der Waals surface area contributed by atoms with Crippen molar-refractivity contribution >= 4 is 18.0 Å². The van der Waals surface area contributed by atoms with Gasteiger partial charge in [0.2, 0.25) is 5.91 Å². The Labute approximate surface area is 110 Å². The van der Waals surface area contributed by atoms with Crippen molar-refractivity contribution in [2.24, 2.45) is 0 Å². The second-order valence-electron chi connectivity index (χ2n) is 3.83. The van der Waals surface area contributed by atoms with Crippen molar-refractivity contribution in [1.29, 1.82) is 0 Å². The van der Waals surface area contributed by atoms with Crippen LogP contribution in [0.3, 0.4) is 0 Å². The molecule has 6 heteroatoms. The molecule has 0 saturated carbocycles. The summed E-state index contributed by atoms with van der Waals surface area (Å²) < 4.78 is 4.93. The highest BCUT2D eigenvalue weighted by atomic mass is 16.5. The van der Waals surface area contributed by atoms with Crippen molar-refractivity contribution in [2.75, 3.05) is 7.11 Å². The van der Waals surface area contributed by atoms with Gasteiger partial charge in [-0.25, -0.2) is 0 Å². The summed E-state index contributed by atoms with van der Waals surface area (Å²) in [4.78, 5) is 22.0. The molecule has 0 aliphatic carbocycles. The van der Waals surface area contributed by atoms with Crippen LogP contribution >= 0.6 is 0 Å². The van der Waals surface area contributed by atoms with Crippen LogP contribution in [0.4, 0.5) is 0 Å². The van der Waals surface area contributed by atoms with Gasteiger partial charge in [0.1, 0.15) is 6.04 Å². The molecule has 1 aromatic carbocycles. The van der Waals surface area contributed by atoms with E-state index in [2.05, 4.69) is 5.32 Å². The SMILES string of the molecule is COc1cc(/C=C/C(=O)N[C@@H](C)C(=O)O)ccc1O. The molecular formula is C13H15NO5. The number of carbonyl (C=O) groups is 2. The Kier molecular flexibility index (Phi) is 4.93. The van der Waals surface area contributed by atoms with Gasteiger partial charge in [-0.1, -0.05) is 6.07 Å². The second-order valence-corrected chi connectivity index (χ2v) is 3.83. The molecule has 3 N–H and O–H groups in total. The Hall–Kier alpha value is -2.50. The van der Waals surface area contributed by atoms with Crippen LogP contribution < -0.4 is 10.1 Å². The highest BCUT2D eigenvalue weighted by molar-refractivity contribution is 5.94. The van der Waals surface area contributed by atoms with Crippen molar-refractivity contribution in [3.8, 4) is 11.5 Å². The zero-order valence-electron chi connectivity index (χ0n) is 10.6. The van der Waals surface area contributed by atoms with Crippen LogP contribution in [-0.2, 0) is 9.59 Å². The van der Waals surface area contributed by atoms with Gasteiger partial charge in [-0.3, -0.25) is 9.59 Å². The molecular weight excluding hydrogens is 250 g/mol. The predicted octanol–water partition coefficient (Wildman–Crippen LogP) is 1.00. The van der Waals surface area contributed by atoms with Crippen LogP contribution in [0, 0.1) is 0 Å². The summed E-state index contributed by atoms with van der Waals surface area (Å²) in [5, 5.41) is 20.3.